The van der Waals surface area contributed by atoms with Gasteiger partial charge >= 0.3 is 0 Å². The molecule has 1 aromatic carbocycles. The fourth-order valence-electron chi connectivity index (χ4n) is 2.01. The van der Waals surface area contributed by atoms with E-state index in [9.17, 15) is 5.11 Å². The molecule has 0 amide bonds. The predicted molar refractivity (Wildman–Crippen MR) is 55.5 cm³/mol. The third kappa shape index (κ3) is 1.58. The molecule has 1 atom stereocenters. The highest BCUT2D eigenvalue weighted by molar-refractivity contribution is 5.80. The van der Waals surface area contributed by atoms with Crippen LogP contribution in [0.4, 0.5) is 0 Å². The summed E-state index contributed by atoms with van der Waals surface area (Å²) < 4.78 is 0. The van der Waals surface area contributed by atoms with Gasteiger partial charge < -0.3 is 10.8 Å². The summed E-state index contributed by atoms with van der Waals surface area (Å²) in [6, 6.07) is 5.44. The number of amidine groups is 1. The molecule has 3 nitrogen and oxygen atoms in total. The molecular formula is C11H14N2O. The monoisotopic (exact) mass is 190 g/mol. The van der Waals surface area contributed by atoms with E-state index < -0.39 is 0 Å². The van der Waals surface area contributed by atoms with E-state index in [4.69, 9.17) is 11.1 Å². The van der Waals surface area contributed by atoms with Crippen LogP contribution in [0.1, 0.15) is 17.5 Å². The zero-order valence-electron chi connectivity index (χ0n) is 7.96. The molecule has 2 rings (SSSR count). The number of benzene rings is 1. The van der Waals surface area contributed by atoms with Crippen molar-refractivity contribution in [3.05, 3.63) is 29.3 Å². The highest BCUT2D eigenvalue weighted by atomic mass is 16.3. The number of phenols is 1. The Bertz CT molecular complexity index is 374. The van der Waals surface area contributed by atoms with Crippen molar-refractivity contribution in [3.8, 4) is 5.75 Å². The van der Waals surface area contributed by atoms with Crippen LogP contribution in [0.15, 0.2) is 18.2 Å². The molecule has 1 aliphatic carbocycles. The lowest BCUT2D eigenvalue weighted by molar-refractivity contribution is 0.472. The largest absolute Gasteiger partial charge is 0.508 e. The number of hydrogen-bond donors (Lipinski definition) is 3. The van der Waals surface area contributed by atoms with E-state index in [1.807, 2.05) is 12.1 Å². The molecule has 1 aliphatic rings. The SMILES string of the molecule is N=C(N)C1CCc2cc(O)ccc2C1. The Labute approximate surface area is 83.1 Å². The van der Waals surface area contributed by atoms with Gasteiger partial charge in [-0.15, -0.1) is 0 Å². The lowest BCUT2D eigenvalue weighted by Crippen LogP contribution is -2.27. The Balaban J connectivity index is 2.27. The standard InChI is InChI=1S/C11H14N2O/c12-11(13)9-2-1-8-6-10(14)4-3-7(8)5-9/h3-4,6,9,14H,1-2,5H2,(H3,12,13). The number of aryl methyl sites for hydroxylation is 1. The second-order valence-corrected chi connectivity index (χ2v) is 3.85. The summed E-state index contributed by atoms with van der Waals surface area (Å²) in [6.07, 6.45) is 2.67. The Morgan fingerprint density at radius 2 is 2.21 bits per heavy atom. The third-order valence-electron chi connectivity index (χ3n) is 2.86. The average molecular weight is 190 g/mol. The van der Waals surface area contributed by atoms with Gasteiger partial charge in [-0.05, 0) is 42.5 Å². The van der Waals surface area contributed by atoms with E-state index in [-0.39, 0.29) is 11.8 Å². The maximum Gasteiger partial charge on any atom is 0.115 e. The van der Waals surface area contributed by atoms with Crippen LogP contribution in [0.2, 0.25) is 0 Å². The van der Waals surface area contributed by atoms with Crippen molar-refractivity contribution in [2.75, 3.05) is 0 Å². The smallest absolute Gasteiger partial charge is 0.115 e. The number of aromatic hydroxyl groups is 1. The van der Waals surface area contributed by atoms with Crippen LogP contribution >= 0.6 is 0 Å². The normalized spacial score (nSPS) is 20.1. The van der Waals surface area contributed by atoms with Crippen molar-refractivity contribution in [2.24, 2.45) is 11.7 Å². The molecule has 0 spiro atoms. The Hall–Kier alpha value is -1.51. The summed E-state index contributed by atoms with van der Waals surface area (Å²) in [7, 11) is 0. The van der Waals surface area contributed by atoms with Gasteiger partial charge in [-0.3, -0.25) is 5.41 Å². The number of phenolic OH excluding ortho intramolecular Hbond substituents is 1. The number of nitrogens with one attached hydrogen (secondary N) is 1. The predicted octanol–water partition coefficient (Wildman–Crippen LogP) is 1.43. The number of hydrogen-bond acceptors (Lipinski definition) is 2. The summed E-state index contributed by atoms with van der Waals surface area (Å²) in [6.45, 7) is 0. The van der Waals surface area contributed by atoms with E-state index in [2.05, 4.69) is 0 Å². The summed E-state index contributed by atoms with van der Waals surface area (Å²) in [5.41, 5.74) is 7.90. The Morgan fingerprint density at radius 3 is 2.93 bits per heavy atom. The first-order chi connectivity index (χ1) is 6.66. The quantitative estimate of drug-likeness (QED) is 0.463. The fourth-order valence-corrected chi connectivity index (χ4v) is 2.01. The zero-order chi connectivity index (χ0) is 10.1. The minimum atomic E-state index is 0.187. The van der Waals surface area contributed by atoms with Crippen LogP contribution in [0.5, 0.6) is 5.75 Å². The van der Waals surface area contributed by atoms with Crippen molar-refractivity contribution in [2.45, 2.75) is 19.3 Å². The molecule has 0 aliphatic heterocycles. The van der Waals surface area contributed by atoms with E-state index in [0.717, 1.165) is 19.3 Å². The first-order valence-electron chi connectivity index (χ1n) is 4.81. The topological polar surface area (TPSA) is 70.1 Å². The van der Waals surface area contributed by atoms with Crippen LogP contribution < -0.4 is 5.73 Å². The minimum Gasteiger partial charge on any atom is -0.508 e. The molecule has 0 aromatic heterocycles. The number of nitrogens with two attached hydrogens (primary N) is 1. The summed E-state index contributed by atoms with van der Waals surface area (Å²) in [4.78, 5) is 0. The van der Waals surface area contributed by atoms with Gasteiger partial charge in [0.2, 0.25) is 0 Å². The van der Waals surface area contributed by atoms with E-state index in [1.165, 1.54) is 11.1 Å². The average Bonchev–Trinajstić information content (AvgIpc) is 2.16. The summed E-state index contributed by atoms with van der Waals surface area (Å²) in [5, 5.41) is 16.7. The molecule has 0 radical (unpaired) electrons. The Morgan fingerprint density at radius 1 is 1.43 bits per heavy atom. The summed E-state index contributed by atoms with van der Waals surface area (Å²) in [5.74, 6) is 0.792. The van der Waals surface area contributed by atoms with Crippen LogP contribution in [-0.4, -0.2) is 10.9 Å². The first kappa shape index (κ1) is 9.06. The maximum absolute atomic E-state index is 9.30. The van der Waals surface area contributed by atoms with Crippen LogP contribution in [0, 0.1) is 11.3 Å². The maximum atomic E-state index is 9.30. The minimum absolute atomic E-state index is 0.187. The van der Waals surface area contributed by atoms with Gasteiger partial charge in [0.1, 0.15) is 5.75 Å². The van der Waals surface area contributed by atoms with Gasteiger partial charge in [0.25, 0.3) is 0 Å². The molecule has 4 N–H and O–H groups in total. The highest BCUT2D eigenvalue weighted by Crippen LogP contribution is 2.27. The lowest BCUT2D eigenvalue weighted by atomic mass is 9.83. The van der Waals surface area contributed by atoms with Gasteiger partial charge in [0.05, 0.1) is 5.84 Å². The molecule has 1 aromatic rings. The van der Waals surface area contributed by atoms with Crippen molar-refractivity contribution in [3.63, 3.8) is 0 Å². The number of rotatable bonds is 1. The van der Waals surface area contributed by atoms with Crippen molar-refractivity contribution in [1.82, 2.24) is 0 Å². The van der Waals surface area contributed by atoms with Gasteiger partial charge in [-0.2, -0.15) is 0 Å². The second-order valence-electron chi connectivity index (χ2n) is 3.85. The van der Waals surface area contributed by atoms with Crippen LogP contribution in [0.25, 0.3) is 0 Å². The molecule has 0 fully saturated rings. The molecule has 14 heavy (non-hydrogen) atoms. The van der Waals surface area contributed by atoms with E-state index in [1.54, 1.807) is 6.07 Å². The van der Waals surface area contributed by atoms with E-state index in [0.29, 0.717) is 5.75 Å². The lowest BCUT2D eigenvalue weighted by Gasteiger charge is -2.23. The molecule has 0 heterocycles. The zero-order valence-corrected chi connectivity index (χ0v) is 7.96. The van der Waals surface area contributed by atoms with Crippen molar-refractivity contribution >= 4 is 5.84 Å². The van der Waals surface area contributed by atoms with Gasteiger partial charge in [0.15, 0.2) is 0 Å². The third-order valence-corrected chi connectivity index (χ3v) is 2.86. The second kappa shape index (κ2) is 3.33. The van der Waals surface area contributed by atoms with Gasteiger partial charge in [0, 0.05) is 5.92 Å². The van der Waals surface area contributed by atoms with E-state index >= 15 is 0 Å². The van der Waals surface area contributed by atoms with Crippen LogP contribution in [-0.2, 0) is 12.8 Å². The number of fused-ring (bicyclic) bond motifs is 1. The van der Waals surface area contributed by atoms with Crippen molar-refractivity contribution in [1.29, 1.82) is 5.41 Å². The first-order valence-corrected chi connectivity index (χ1v) is 4.81. The summed E-state index contributed by atoms with van der Waals surface area (Å²) >= 11 is 0. The van der Waals surface area contributed by atoms with Crippen molar-refractivity contribution < 1.29 is 5.11 Å². The highest BCUT2D eigenvalue weighted by Gasteiger charge is 2.20. The van der Waals surface area contributed by atoms with Gasteiger partial charge in [-0.25, -0.2) is 0 Å². The molecule has 1 unspecified atom stereocenters. The molecule has 74 valence electrons. The fraction of sp³-hybridized carbons (Fsp3) is 0.364. The Kier molecular flexibility index (Phi) is 2.15. The molecular weight excluding hydrogens is 176 g/mol. The molecule has 0 bridgehead atoms. The molecule has 0 saturated heterocycles. The van der Waals surface area contributed by atoms with Crippen LogP contribution in [0.3, 0.4) is 0 Å². The van der Waals surface area contributed by atoms with Gasteiger partial charge in [-0.1, -0.05) is 6.07 Å². The molecule has 0 saturated carbocycles. The molecule has 3 heteroatoms.